The van der Waals surface area contributed by atoms with E-state index in [0.717, 1.165) is 47.9 Å². The van der Waals surface area contributed by atoms with Gasteiger partial charge in [0, 0.05) is 35.6 Å². The summed E-state index contributed by atoms with van der Waals surface area (Å²) in [5.74, 6) is 1.28. The van der Waals surface area contributed by atoms with Crippen LogP contribution in [-0.4, -0.2) is 41.1 Å². The van der Waals surface area contributed by atoms with E-state index in [1.54, 1.807) is 11.2 Å². The fourth-order valence-corrected chi connectivity index (χ4v) is 5.48. The summed E-state index contributed by atoms with van der Waals surface area (Å²) >= 11 is 6.14. The third-order valence-corrected chi connectivity index (χ3v) is 7.82. The van der Waals surface area contributed by atoms with Crippen molar-refractivity contribution in [3.8, 4) is 11.3 Å². The van der Waals surface area contributed by atoms with E-state index in [-0.39, 0.29) is 11.2 Å². The zero-order chi connectivity index (χ0) is 17.7. The number of nitrogens with zero attached hydrogens (tertiary/aromatic N) is 3. The Morgan fingerprint density at radius 3 is 2.60 bits per heavy atom. The van der Waals surface area contributed by atoms with E-state index < -0.39 is 10.0 Å². The largest absolute Gasteiger partial charge is 0.328 e. The lowest BCUT2D eigenvalue weighted by atomic mass is 9.77. The number of hydrogen-bond acceptors (Lipinski definition) is 3. The van der Waals surface area contributed by atoms with Crippen molar-refractivity contribution in [3.05, 3.63) is 41.3 Å². The fourth-order valence-electron chi connectivity index (χ4n) is 4.19. The quantitative estimate of drug-likeness (QED) is 0.822. The molecule has 25 heavy (non-hydrogen) atoms. The number of aromatic nitrogens is 2. The Hall–Kier alpha value is -1.37. The van der Waals surface area contributed by atoms with Crippen molar-refractivity contribution in [2.75, 3.05) is 18.8 Å². The zero-order valence-electron chi connectivity index (χ0n) is 14.3. The SMILES string of the molecule is CCS(=O)(=O)N1CCC2(CC1)CCn1c(-c3cccc(Cl)c3)cnc12. The Kier molecular flexibility index (Phi) is 4.17. The van der Waals surface area contributed by atoms with Gasteiger partial charge in [0.1, 0.15) is 5.82 Å². The molecule has 7 heteroatoms. The topological polar surface area (TPSA) is 55.2 Å². The van der Waals surface area contributed by atoms with Crippen LogP contribution >= 0.6 is 11.6 Å². The van der Waals surface area contributed by atoms with Crippen LogP contribution in [0.5, 0.6) is 0 Å². The minimum Gasteiger partial charge on any atom is -0.328 e. The number of halogens is 1. The van der Waals surface area contributed by atoms with Gasteiger partial charge >= 0.3 is 0 Å². The standard InChI is InChI=1S/C18H22ClN3O2S/c1-2-25(23,24)21-9-6-18(7-10-21)8-11-22-16(13-20-17(18)22)14-4-3-5-15(19)12-14/h3-5,12-13H,2,6-11H2,1H3. The lowest BCUT2D eigenvalue weighted by Gasteiger charge is -2.37. The van der Waals surface area contributed by atoms with Gasteiger partial charge in [0.15, 0.2) is 0 Å². The number of imidazole rings is 1. The highest BCUT2D eigenvalue weighted by Crippen LogP contribution is 2.45. The summed E-state index contributed by atoms with van der Waals surface area (Å²) in [6, 6.07) is 7.85. The summed E-state index contributed by atoms with van der Waals surface area (Å²) < 4.78 is 28.2. The molecule has 1 fully saturated rings. The molecule has 0 amide bonds. The highest BCUT2D eigenvalue weighted by Gasteiger charge is 2.45. The van der Waals surface area contributed by atoms with E-state index in [2.05, 4.69) is 10.6 Å². The Morgan fingerprint density at radius 1 is 1.20 bits per heavy atom. The van der Waals surface area contributed by atoms with E-state index in [4.69, 9.17) is 16.6 Å². The summed E-state index contributed by atoms with van der Waals surface area (Å²) in [6.07, 6.45) is 4.65. The van der Waals surface area contributed by atoms with Gasteiger partial charge in [-0.05, 0) is 38.3 Å². The summed E-state index contributed by atoms with van der Waals surface area (Å²) in [7, 11) is -3.10. The maximum atomic E-state index is 12.1. The smallest absolute Gasteiger partial charge is 0.213 e. The lowest BCUT2D eigenvalue weighted by Crippen LogP contribution is -2.45. The normalized spacial score (nSPS) is 20.1. The molecular formula is C18H22ClN3O2S. The second-order valence-electron chi connectivity index (χ2n) is 6.96. The average molecular weight is 380 g/mol. The number of sulfonamides is 1. The predicted octanol–water partition coefficient (Wildman–Crippen LogP) is 3.29. The van der Waals surface area contributed by atoms with Crippen LogP contribution in [0.4, 0.5) is 0 Å². The molecule has 2 aromatic rings. The van der Waals surface area contributed by atoms with Crippen LogP contribution in [0.3, 0.4) is 0 Å². The Bertz CT molecular complexity index is 899. The first-order valence-electron chi connectivity index (χ1n) is 8.75. The minimum absolute atomic E-state index is 0.0105. The highest BCUT2D eigenvalue weighted by molar-refractivity contribution is 7.89. The van der Waals surface area contributed by atoms with Crippen LogP contribution in [0, 0.1) is 0 Å². The maximum Gasteiger partial charge on any atom is 0.213 e. The van der Waals surface area contributed by atoms with E-state index >= 15 is 0 Å². The Labute approximate surface area is 153 Å². The Morgan fingerprint density at radius 2 is 1.92 bits per heavy atom. The molecule has 1 spiro atoms. The average Bonchev–Trinajstić information content (AvgIpc) is 3.18. The molecule has 4 rings (SSSR count). The summed E-state index contributed by atoms with van der Waals surface area (Å²) in [4.78, 5) is 4.74. The van der Waals surface area contributed by atoms with Gasteiger partial charge in [-0.2, -0.15) is 0 Å². The third-order valence-electron chi connectivity index (χ3n) is 5.70. The molecule has 0 saturated carbocycles. The molecule has 0 N–H and O–H groups in total. The highest BCUT2D eigenvalue weighted by atomic mass is 35.5. The molecular weight excluding hydrogens is 358 g/mol. The van der Waals surface area contributed by atoms with Crippen LogP contribution < -0.4 is 0 Å². The van der Waals surface area contributed by atoms with Gasteiger partial charge in [-0.25, -0.2) is 17.7 Å². The van der Waals surface area contributed by atoms with Crippen LogP contribution in [0.15, 0.2) is 30.5 Å². The molecule has 0 aliphatic carbocycles. The maximum absolute atomic E-state index is 12.1. The van der Waals surface area contributed by atoms with Gasteiger partial charge in [0.2, 0.25) is 10.0 Å². The molecule has 0 bridgehead atoms. The van der Waals surface area contributed by atoms with Gasteiger partial charge in [-0.3, -0.25) is 0 Å². The van der Waals surface area contributed by atoms with Crippen molar-refractivity contribution in [2.45, 2.75) is 38.1 Å². The summed E-state index contributed by atoms with van der Waals surface area (Å²) in [6.45, 7) is 3.82. The van der Waals surface area contributed by atoms with Crippen LogP contribution in [0.25, 0.3) is 11.3 Å². The van der Waals surface area contributed by atoms with Crippen LogP contribution in [0.1, 0.15) is 32.0 Å². The molecule has 2 aliphatic rings. The summed E-state index contributed by atoms with van der Waals surface area (Å²) in [5.41, 5.74) is 2.18. The van der Waals surface area contributed by atoms with E-state index in [1.807, 2.05) is 24.4 Å². The lowest BCUT2D eigenvalue weighted by molar-refractivity contribution is 0.228. The number of rotatable bonds is 3. The predicted molar refractivity (Wildman–Crippen MR) is 99.2 cm³/mol. The fraction of sp³-hybridized carbons (Fsp3) is 0.500. The van der Waals surface area contributed by atoms with Gasteiger partial charge in [0.25, 0.3) is 0 Å². The van der Waals surface area contributed by atoms with Crippen molar-refractivity contribution in [1.29, 1.82) is 0 Å². The molecule has 1 aromatic carbocycles. The van der Waals surface area contributed by atoms with Crippen molar-refractivity contribution < 1.29 is 8.42 Å². The number of piperidine rings is 1. The van der Waals surface area contributed by atoms with E-state index in [0.29, 0.717) is 13.1 Å². The van der Waals surface area contributed by atoms with Crippen molar-refractivity contribution in [2.24, 2.45) is 0 Å². The minimum atomic E-state index is -3.10. The first-order chi connectivity index (χ1) is 12.0. The van der Waals surface area contributed by atoms with Crippen LogP contribution in [0.2, 0.25) is 5.02 Å². The number of fused-ring (bicyclic) bond motifs is 2. The van der Waals surface area contributed by atoms with E-state index in [1.165, 1.54) is 0 Å². The van der Waals surface area contributed by atoms with Gasteiger partial charge in [-0.15, -0.1) is 0 Å². The molecule has 3 heterocycles. The van der Waals surface area contributed by atoms with Gasteiger partial charge in [0.05, 0.1) is 17.6 Å². The van der Waals surface area contributed by atoms with Gasteiger partial charge < -0.3 is 4.57 Å². The van der Waals surface area contributed by atoms with E-state index in [9.17, 15) is 8.42 Å². The molecule has 1 aromatic heterocycles. The molecule has 2 aliphatic heterocycles. The molecule has 0 radical (unpaired) electrons. The number of hydrogen-bond donors (Lipinski definition) is 0. The second kappa shape index (κ2) is 6.11. The Balaban J connectivity index is 1.62. The van der Waals surface area contributed by atoms with Crippen molar-refractivity contribution >= 4 is 21.6 Å². The second-order valence-corrected chi connectivity index (χ2v) is 9.65. The molecule has 1 saturated heterocycles. The number of benzene rings is 1. The first kappa shape index (κ1) is 17.1. The molecule has 5 nitrogen and oxygen atoms in total. The first-order valence-corrected chi connectivity index (χ1v) is 10.7. The van der Waals surface area contributed by atoms with Crippen molar-refractivity contribution in [1.82, 2.24) is 13.9 Å². The molecule has 0 unspecified atom stereocenters. The van der Waals surface area contributed by atoms with Crippen LogP contribution in [-0.2, 0) is 22.0 Å². The summed E-state index contributed by atoms with van der Waals surface area (Å²) in [5, 5.41) is 0.721. The third kappa shape index (κ3) is 2.80. The molecule has 134 valence electrons. The zero-order valence-corrected chi connectivity index (χ0v) is 15.9. The van der Waals surface area contributed by atoms with Gasteiger partial charge in [-0.1, -0.05) is 23.7 Å². The van der Waals surface area contributed by atoms with Crippen molar-refractivity contribution in [3.63, 3.8) is 0 Å². The monoisotopic (exact) mass is 379 g/mol. The molecule has 0 atom stereocenters.